The highest BCUT2D eigenvalue weighted by atomic mass is 35.5. The molecule has 1 amide bonds. The van der Waals surface area contributed by atoms with Crippen molar-refractivity contribution >= 4 is 86.2 Å². The number of hydrogen-bond donors (Lipinski definition) is 3. The number of hydrogen-bond acceptors (Lipinski definition) is 13. The van der Waals surface area contributed by atoms with Crippen molar-refractivity contribution in [3.8, 4) is 45.3 Å². The molecule has 8 rings (SSSR count). The zero-order valence-electron chi connectivity index (χ0n) is 34.0. The lowest BCUT2D eigenvalue weighted by molar-refractivity contribution is 0.0698. The van der Waals surface area contributed by atoms with E-state index >= 15 is 0 Å². The van der Waals surface area contributed by atoms with Gasteiger partial charge >= 0.3 is 5.97 Å². The highest BCUT2D eigenvalue weighted by molar-refractivity contribution is 6.42. The number of benzene rings is 4. The molecule has 0 bridgehead atoms. The molecule has 0 saturated carbocycles. The van der Waals surface area contributed by atoms with E-state index in [-0.39, 0.29) is 43.2 Å². The third-order valence-electron chi connectivity index (χ3n) is 10.1. The topological polar surface area (TPSA) is 191 Å². The van der Waals surface area contributed by atoms with Gasteiger partial charge in [-0.15, -0.1) is 0 Å². The van der Waals surface area contributed by atoms with Crippen LogP contribution in [0.15, 0.2) is 79.5 Å². The number of aromatic nitrogens is 5. The second kappa shape index (κ2) is 19.5. The zero-order chi connectivity index (χ0) is 44.9. The molecule has 4 heterocycles. The summed E-state index contributed by atoms with van der Waals surface area (Å²) in [6, 6.07) is 13.2. The number of halogens is 4. The number of anilines is 1. The number of ether oxygens (including phenoxy) is 4. The van der Waals surface area contributed by atoms with E-state index in [1.807, 2.05) is 6.07 Å². The van der Waals surface area contributed by atoms with Gasteiger partial charge in [-0.2, -0.15) is 0 Å². The standard InChI is InChI=1S/C27H25Cl2N5O4.C17H12Cl2N2O4/c1-37-19-11-20(38-2)24(29)22(23(19)28)17-4-5-18(26-25(17)30-8-9-31-26)27(36)33-21-6-3-15(12-32-21)13-34-10-7-16(35)14-34;1-24-10-7-11(25-2)14(19)12(13(10)18)8-3-4-9(17(22)23)16-15(8)20-5-6-21-16/h3-6,8-9,11-12,16,35H,7,10,13-14H2,1-2H3,(H,32,33,36);3-7H,1-2H3,(H,22,23)/t16-;/m0./s1. The molecule has 1 fully saturated rings. The van der Waals surface area contributed by atoms with Gasteiger partial charge in [-0.05, 0) is 30.2 Å². The van der Waals surface area contributed by atoms with E-state index in [1.165, 1.54) is 59.3 Å². The summed E-state index contributed by atoms with van der Waals surface area (Å²) in [4.78, 5) is 48.6. The minimum absolute atomic E-state index is 0.0361. The predicted molar refractivity (Wildman–Crippen MR) is 241 cm³/mol. The van der Waals surface area contributed by atoms with Crippen molar-refractivity contribution < 1.29 is 38.7 Å². The fourth-order valence-electron chi connectivity index (χ4n) is 7.11. The van der Waals surface area contributed by atoms with Gasteiger partial charge in [-0.3, -0.25) is 29.6 Å². The Bertz CT molecular complexity index is 2810. The summed E-state index contributed by atoms with van der Waals surface area (Å²) < 4.78 is 21.4. The lowest BCUT2D eigenvalue weighted by Crippen LogP contribution is -2.21. The number of pyridine rings is 1. The number of aliphatic hydroxyl groups is 1. The average molecular weight is 934 g/mol. The first kappa shape index (κ1) is 45.0. The summed E-state index contributed by atoms with van der Waals surface area (Å²) in [5.74, 6) is 0.441. The molecular formula is C44H37Cl4N7O8. The molecule has 0 aliphatic carbocycles. The monoisotopic (exact) mass is 931 g/mol. The van der Waals surface area contributed by atoms with E-state index in [4.69, 9.17) is 65.4 Å². The van der Waals surface area contributed by atoms with Gasteiger partial charge in [0.05, 0.1) is 76.8 Å². The molecule has 63 heavy (non-hydrogen) atoms. The van der Waals surface area contributed by atoms with E-state index in [0.717, 1.165) is 18.5 Å². The number of nitrogens with zero attached hydrogens (tertiary/aromatic N) is 6. The normalized spacial score (nSPS) is 13.6. The Balaban J connectivity index is 0.000000206. The Hall–Kier alpha value is -6.07. The summed E-state index contributed by atoms with van der Waals surface area (Å²) in [7, 11) is 5.95. The number of carboxylic acids is 1. The summed E-state index contributed by atoms with van der Waals surface area (Å²) in [5, 5.41) is 23.0. The lowest BCUT2D eigenvalue weighted by atomic mass is 9.99. The first-order valence-electron chi connectivity index (χ1n) is 19.0. The van der Waals surface area contributed by atoms with Crippen molar-refractivity contribution in [3.05, 3.63) is 116 Å². The van der Waals surface area contributed by atoms with Crippen LogP contribution >= 0.6 is 46.4 Å². The molecule has 1 aliphatic heterocycles. The van der Waals surface area contributed by atoms with Gasteiger partial charge in [0.25, 0.3) is 5.91 Å². The lowest BCUT2D eigenvalue weighted by Gasteiger charge is -2.16. The van der Waals surface area contributed by atoms with Gasteiger partial charge in [-0.1, -0.05) is 64.6 Å². The number of carbonyl (C=O) groups excluding carboxylic acids is 1. The van der Waals surface area contributed by atoms with Crippen LogP contribution in [0.3, 0.4) is 0 Å². The van der Waals surface area contributed by atoms with Crippen LogP contribution < -0.4 is 24.3 Å². The average Bonchev–Trinajstić information content (AvgIpc) is 3.71. The molecule has 7 aromatic rings. The van der Waals surface area contributed by atoms with E-state index < -0.39 is 5.97 Å². The number of rotatable bonds is 11. The second-order valence-corrected chi connectivity index (χ2v) is 15.4. The molecule has 19 heteroatoms. The number of carboxylic acid groups (broad SMARTS) is 1. The van der Waals surface area contributed by atoms with Crippen LogP contribution in [-0.4, -0.2) is 99.5 Å². The number of amides is 1. The van der Waals surface area contributed by atoms with Crippen molar-refractivity contribution in [2.45, 2.75) is 19.1 Å². The van der Waals surface area contributed by atoms with Crippen molar-refractivity contribution in [3.63, 3.8) is 0 Å². The SMILES string of the molecule is COc1cc(OC)c(Cl)c(-c2ccc(C(=O)Nc3ccc(CN4CC[C@H](O)C4)cn3)c3nccnc23)c1Cl.COc1cc(OC)c(Cl)c(-c2ccc(C(=O)O)c3nccnc23)c1Cl. The van der Waals surface area contributed by atoms with Gasteiger partial charge in [-0.25, -0.2) is 9.78 Å². The van der Waals surface area contributed by atoms with Crippen molar-refractivity contribution in [2.75, 3.05) is 46.8 Å². The number of carbonyl (C=O) groups is 2. The highest BCUT2D eigenvalue weighted by Gasteiger charge is 2.25. The number of nitrogens with one attached hydrogen (secondary N) is 1. The fraction of sp³-hybridized carbons (Fsp3) is 0.205. The molecule has 3 N–H and O–H groups in total. The van der Waals surface area contributed by atoms with Gasteiger partial charge < -0.3 is 34.5 Å². The molecule has 15 nitrogen and oxygen atoms in total. The maximum absolute atomic E-state index is 13.3. The number of likely N-dealkylation sites (tertiary alicyclic amines) is 1. The highest BCUT2D eigenvalue weighted by Crippen LogP contribution is 2.49. The predicted octanol–water partition coefficient (Wildman–Crippen LogP) is 9.15. The molecule has 3 aromatic heterocycles. The van der Waals surface area contributed by atoms with Crippen molar-refractivity contribution in [1.82, 2.24) is 29.8 Å². The van der Waals surface area contributed by atoms with Crippen LogP contribution in [0.25, 0.3) is 44.3 Å². The van der Waals surface area contributed by atoms with E-state index in [1.54, 1.807) is 42.6 Å². The number of methoxy groups -OCH3 is 4. The van der Waals surface area contributed by atoms with Crippen molar-refractivity contribution in [2.24, 2.45) is 0 Å². The largest absolute Gasteiger partial charge is 0.495 e. The van der Waals surface area contributed by atoms with Crippen LogP contribution in [0, 0.1) is 0 Å². The minimum Gasteiger partial charge on any atom is -0.495 e. The van der Waals surface area contributed by atoms with E-state index in [0.29, 0.717) is 86.3 Å². The van der Waals surface area contributed by atoms with Crippen molar-refractivity contribution in [1.29, 1.82) is 0 Å². The zero-order valence-corrected chi connectivity index (χ0v) is 37.0. The Morgan fingerprint density at radius 2 is 1.13 bits per heavy atom. The van der Waals surface area contributed by atoms with Gasteiger partial charge in [0, 0.05) is 85.0 Å². The molecule has 1 aliphatic rings. The second-order valence-electron chi connectivity index (χ2n) is 13.9. The molecule has 1 saturated heterocycles. The maximum atomic E-state index is 13.3. The maximum Gasteiger partial charge on any atom is 0.337 e. The molecular weight excluding hydrogens is 896 g/mol. The number of β-amino-alcohol motifs (C(OH)–C–C–N with tert-alkyl or cyclic N) is 1. The third-order valence-corrected chi connectivity index (χ3v) is 11.6. The number of aromatic carboxylic acids is 1. The van der Waals surface area contributed by atoms with Crippen LogP contribution in [0.1, 0.15) is 32.7 Å². The van der Waals surface area contributed by atoms with Crippen LogP contribution in [0.5, 0.6) is 23.0 Å². The van der Waals surface area contributed by atoms with Crippen LogP contribution in [-0.2, 0) is 6.54 Å². The molecule has 4 aromatic carbocycles. The first-order valence-corrected chi connectivity index (χ1v) is 20.5. The van der Waals surface area contributed by atoms with E-state index in [9.17, 15) is 19.8 Å². The molecule has 324 valence electrons. The van der Waals surface area contributed by atoms with Gasteiger partial charge in [0.2, 0.25) is 0 Å². The Kier molecular flexibility index (Phi) is 13.9. The summed E-state index contributed by atoms with van der Waals surface area (Å²) in [6.45, 7) is 2.20. The minimum atomic E-state index is -1.10. The molecule has 0 spiro atoms. The van der Waals surface area contributed by atoms with Crippen LogP contribution in [0.2, 0.25) is 20.1 Å². The number of fused-ring (bicyclic) bond motifs is 2. The fourth-order valence-corrected chi connectivity index (χ4v) is 8.52. The van der Waals surface area contributed by atoms with Gasteiger partial charge in [0.15, 0.2) is 0 Å². The van der Waals surface area contributed by atoms with Crippen LogP contribution in [0.4, 0.5) is 5.82 Å². The molecule has 1 atom stereocenters. The Morgan fingerprint density at radius 1 is 0.667 bits per heavy atom. The Morgan fingerprint density at radius 3 is 1.54 bits per heavy atom. The molecule has 0 radical (unpaired) electrons. The Labute approximate surface area is 380 Å². The summed E-state index contributed by atoms with van der Waals surface area (Å²) in [5.41, 5.74) is 4.77. The van der Waals surface area contributed by atoms with Gasteiger partial charge in [0.1, 0.15) is 39.8 Å². The summed E-state index contributed by atoms with van der Waals surface area (Å²) in [6.07, 6.45) is 8.17. The third kappa shape index (κ3) is 9.21. The smallest absolute Gasteiger partial charge is 0.337 e. The molecule has 0 unspecified atom stereocenters. The van der Waals surface area contributed by atoms with E-state index in [2.05, 4.69) is 35.1 Å². The first-order chi connectivity index (χ1) is 30.4. The number of aliphatic hydroxyl groups excluding tert-OH is 1. The summed E-state index contributed by atoms with van der Waals surface area (Å²) >= 11 is 26.2. The quantitative estimate of drug-likeness (QED) is 0.111.